The number of aromatic amines is 1. The van der Waals surface area contributed by atoms with Crippen LogP contribution in [0, 0.1) is 11.8 Å². The lowest BCUT2D eigenvalue weighted by atomic mass is 9.92. The molecule has 0 bridgehead atoms. The molecule has 0 aromatic carbocycles. The number of morpholine rings is 1. The Kier molecular flexibility index (Phi) is 7.90. The van der Waals surface area contributed by atoms with Gasteiger partial charge in [0.05, 0.1) is 13.2 Å². The van der Waals surface area contributed by atoms with Gasteiger partial charge in [-0.1, -0.05) is 40.5 Å². The van der Waals surface area contributed by atoms with Gasteiger partial charge in [0, 0.05) is 31.4 Å². The molecule has 0 aliphatic carbocycles. The molecule has 1 aliphatic rings. The van der Waals surface area contributed by atoms with Crippen molar-refractivity contribution in [2.75, 3.05) is 32.8 Å². The van der Waals surface area contributed by atoms with Gasteiger partial charge in [0.2, 0.25) is 0 Å². The van der Waals surface area contributed by atoms with Crippen LogP contribution in [-0.4, -0.2) is 59.9 Å². The SMILES string of the molecule is CCC(CC)C(CNC(=O)c1cc(CC(C)C)[nH]n1)N1CCOCC1. The second-order valence-corrected chi connectivity index (χ2v) is 7.38. The molecule has 0 radical (unpaired) electrons. The van der Waals surface area contributed by atoms with Crippen LogP contribution in [0.5, 0.6) is 0 Å². The summed E-state index contributed by atoms with van der Waals surface area (Å²) in [5, 5.41) is 10.3. The number of amides is 1. The number of ether oxygens (including phenoxy) is 1. The number of carbonyl (C=O) groups excluding carboxylic acids is 1. The molecule has 1 atom stereocenters. The maximum Gasteiger partial charge on any atom is 0.271 e. The number of nitrogens with zero attached hydrogens (tertiary/aromatic N) is 2. The van der Waals surface area contributed by atoms with Crippen LogP contribution in [0.4, 0.5) is 0 Å². The molecule has 1 saturated heterocycles. The molecule has 1 aliphatic heterocycles. The molecule has 1 amide bonds. The summed E-state index contributed by atoms with van der Waals surface area (Å²) < 4.78 is 5.48. The summed E-state index contributed by atoms with van der Waals surface area (Å²) in [4.78, 5) is 15.0. The third-order valence-corrected chi connectivity index (χ3v) is 5.07. The predicted molar refractivity (Wildman–Crippen MR) is 99.7 cm³/mol. The first-order valence-corrected chi connectivity index (χ1v) is 9.69. The lowest BCUT2D eigenvalue weighted by Gasteiger charge is -2.38. The minimum Gasteiger partial charge on any atom is -0.379 e. The van der Waals surface area contributed by atoms with Crippen molar-refractivity contribution >= 4 is 5.91 Å². The Morgan fingerprint density at radius 1 is 1.32 bits per heavy atom. The molecule has 1 unspecified atom stereocenters. The van der Waals surface area contributed by atoms with E-state index in [2.05, 4.69) is 48.1 Å². The highest BCUT2D eigenvalue weighted by atomic mass is 16.5. The smallest absolute Gasteiger partial charge is 0.271 e. The molecule has 142 valence electrons. The highest BCUT2D eigenvalue weighted by molar-refractivity contribution is 5.92. The van der Waals surface area contributed by atoms with Gasteiger partial charge >= 0.3 is 0 Å². The zero-order valence-electron chi connectivity index (χ0n) is 16.2. The van der Waals surface area contributed by atoms with Crippen molar-refractivity contribution in [3.63, 3.8) is 0 Å². The third kappa shape index (κ3) is 5.82. The quantitative estimate of drug-likeness (QED) is 0.718. The van der Waals surface area contributed by atoms with Gasteiger partial charge in [0.1, 0.15) is 5.69 Å². The summed E-state index contributed by atoms with van der Waals surface area (Å²) in [6, 6.07) is 2.23. The van der Waals surface area contributed by atoms with Gasteiger partial charge in [-0.3, -0.25) is 14.8 Å². The molecule has 25 heavy (non-hydrogen) atoms. The van der Waals surface area contributed by atoms with Gasteiger partial charge in [0.15, 0.2) is 0 Å². The van der Waals surface area contributed by atoms with Gasteiger partial charge in [-0.05, 0) is 24.3 Å². The summed E-state index contributed by atoms with van der Waals surface area (Å²) in [5.74, 6) is 1.03. The Morgan fingerprint density at radius 2 is 2.00 bits per heavy atom. The van der Waals surface area contributed by atoms with E-state index in [0.29, 0.717) is 30.1 Å². The molecule has 6 nitrogen and oxygen atoms in total. The molecule has 2 heterocycles. The normalized spacial score (nSPS) is 17.2. The van der Waals surface area contributed by atoms with E-state index >= 15 is 0 Å². The van der Waals surface area contributed by atoms with E-state index in [0.717, 1.165) is 51.3 Å². The van der Waals surface area contributed by atoms with E-state index in [4.69, 9.17) is 4.74 Å². The molecule has 1 aromatic rings. The Morgan fingerprint density at radius 3 is 2.60 bits per heavy atom. The molecule has 6 heteroatoms. The number of hydrogen-bond acceptors (Lipinski definition) is 4. The van der Waals surface area contributed by atoms with Crippen molar-refractivity contribution < 1.29 is 9.53 Å². The maximum atomic E-state index is 12.5. The first kappa shape index (κ1) is 19.9. The summed E-state index contributed by atoms with van der Waals surface area (Å²) in [6.07, 6.45) is 3.15. The maximum absolute atomic E-state index is 12.5. The van der Waals surface area contributed by atoms with Crippen molar-refractivity contribution in [1.29, 1.82) is 0 Å². The molecular weight excluding hydrogens is 316 g/mol. The van der Waals surface area contributed by atoms with E-state index in [9.17, 15) is 4.79 Å². The number of rotatable bonds is 9. The number of carbonyl (C=O) groups is 1. The fraction of sp³-hybridized carbons (Fsp3) is 0.789. The number of aromatic nitrogens is 2. The topological polar surface area (TPSA) is 70.2 Å². The van der Waals surface area contributed by atoms with E-state index in [1.165, 1.54) is 0 Å². The standard InChI is InChI=1S/C19H34N4O2/c1-5-15(6-2)18(23-7-9-25-10-8-23)13-20-19(24)17-12-16(21-22-17)11-14(3)4/h12,14-15,18H,5-11,13H2,1-4H3,(H,20,24)(H,21,22). The zero-order chi connectivity index (χ0) is 18.2. The van der Waals surface area contributed by atoms with Crippen LogP contribution in [-0.2, 0) is 11.2 Å². The number of H-pyrrole nitrogens is 1. The highest BCUT2D eigenvalue weighted by Crippen LogP contribution is 2.19. The van der Waals surface area contributed by atoms with Crippen LogP contribution < -0.4 is 5.32 Å². The molecule has 1 fully saturated rings. The average Bonchev–Trinajstić information content (AvgIpc) is 3.07. The second kappa shape index (κ2) is 9.92. The first-order valence-electron chi connectivity index (χ1n) is 9.69. The summed E-state index contributed by atoms with van der Waals surface area (Å²) in [7, 11) is 0. The summed E-state index contributed by atoms with van der Waals surface area (Å²) >= 11 is 0. The second-order valence-electron chi connectivity index (χ2n) is 7.38. The largest absolute Gasteiger partial charge is 0.379 e. The lowest BCUT2D eigenvalue weighted by Crippen LogP contribution is -2.52. The Bertz CT molecular complexity index is 519. The van der Waals surface area contributed by atoms with Crippen LogP contribution in [0.3, 0.4) is 0 Å². The molecular formula is C19H34N4O2. The van der Waals surface area contributed by atoms with Gasteiger partial charge in [-0.25, -0.2) is 0 Å². The van der Waals surface area contributed by atoms with Gasteiger partial charge < -0.3 is 10.1 Å². The minimum absolute atomic E-state index is 0.0875. The van der Waals surface area contributed by atoms with Crippen LogP contribution in [0.1, 0.15) is 56.7 Å². The van der Waals surface area contributed by atoms with Crippen molar-refractivity contribution in [2.45, 2.75) is 53.0 Å². The fourth-order valence-electron chi connectivity index (χ4n) is 3.65. The molecule has 2 rings (SSSR count). The van der Waals surface area contributed by atoms with E-state index in [-0.39, 0.29) is 5.91 Å². The van der Waals surface area contributed by atoms with Crippen LogP contribution in [0.2, 0.25) is 0 Å². The van der Waals surface area contributed by atoms with Crippen molar-refractivity contribution in [2.24, 2.45) is 11.8 Å². The number of hydrogen-bond donors (Lipinski definition) is 2. The molecule has 0 saturated carbocycles. The van der Waals surface area contributed by atoms with E-state index in [1.807, 2.05) is 6.07 Å². The predicted octanol–water partition coefficient (Wildman–Crippen LogP) is 2.48. The summed E-state index contributed by atoms with van der Waals surface area (Å²) in [6.45, 7) is 12.9. The van der Waals surface area contributed by atoms with Crippen LogP contribution >= 0.6 is 0 Å². The van der Waals surface area contributed by atoms with E-state index < -0.39 is 0 Å². The van der Waals surface area contributed by atoms with Crippen molar-refractivity contribution in [3.8, 4) is 0 Å². The van der Waals surface area contributed by atoms with Gasteiger partial charge in [0.25, 0.3) is 5.91 Å². The highest BCUT2D eigenvalue weighted by Gasteiger charge is 2.27. The minimum atomic E-state index is -0.0875. The Labute approximate surface area is 151 Å². The zero-order valence-corrected chi connectivity index (χ0v) is 16.2. The van der Waals surface area contributed by atoms with Gasteiger partial charge in [-0.15, -0.1) is 0 Å². The van der Waals surface area contributed by atoms with Crippen LogP contribution in [0.15, 0.2) is 6.07 Å². The van der Waals surface area contributed by atoms with E-state index in [1.54, 1.807) is 0 Å². The molecule has 2 N–H and O–H groups in total. The number of nitrogens with one attached hydrogen (secondary N) is 2. The van der Waals surface area contributed by atoms with Crippen molar-refractivity contribution in [3.05, 3.63) is 17.5 Å². The third-order valence-electron chi connectivity index (χ3n) is 5.07. The van der Waals surface area contributed by atoms with Crippen LogP contribution in [0.25, 0.3) is 0 Å². The molecule has 0 spiro atoms. The van der Waals surface area contributed by atoms with Crippen molar-refractivity contribution in [1.82, 2.24) is 20.4 Å². The lowest BCUT2D eigenvalue weighted by molar-refractivity contribution is 0.00190. The monoisotopic (exact) mass is 350 g/mol. The van der Waals surface area contributed by atoms with Gasteiger partial charge in [-0.2, -0.15) is 5.10 Å². The fourth-order valence-corrected chi connectivity index (χ4v) is 3.65. The molecule has 1 aromatic heterocycles. The Balaban J connectivity index is 1.96. The summed E-state index contributed by atoms with van der Waals surface area (Å²) in [5.41, 5.74) is 1.51. The average molecular weight is 351 g/mol. The first-order chi connectivity index (χ1) is 12.0. The Hall–Kier alpha value is -1.40.